The number of nitrogens with zero attached hydrogens (tertiary/aromatic N) is 3. The van der Waals surface area contributed by atoms with Gasteiger partial charge in [-0.25, -0.2) is 9.07 Å². The molecule has 0 aliphatic heterocycles. The molecule has 3 rings (SSSR count). The minimum absolute atomic E-state index is 0.0174. The van der Waals surface area contributed by atoms with E-state index in [-0.39, 0.29) is 35.4 Å². The van der Waals surface area contributed by atoms with E-state index in [9.17, 15) is 19.3 Å². The van der Waals surface area contributed by atoms with Crippen molar-refractivity contribution in [3.8, 4) is 11.5 Å². The highest BCUT2D eigenvalue weighted by Crippen LogP contribution is 2.26. The average Bonchev–Trinajstić information content (AvgIpc) is 3.16. The number of carbonyl (C=O) groups is 1. The number of carbonyl (C=O) groups excluding carboxylic acids is 1. The lowest BCUT2D eigenvalue weighted by molar-refractivity contribution is -0.384. The van der Waals surface area contributed by atoms with Gasteiger partial charge in [0, 0.05) is 18.3 Å². The van der Waals surface area contributed by atoms with Crippen LogP contribution in [0.3, 0.4) is 0 Å². The van der Waals surface area contributed by atoms with Gasteiger partial charge in [0.2, 0.25) is 0 Å². The van der Waals surface area contributed by atoms with E-state index in [4.69, 9.17) is 9.47 Å². The summed E-state index contributed by atoms with van der Waals surface area (Å²) in [5.74, 6) is -0.236. The molecule has 1 amide bonds. The molecule has 1 heterocycles. The highest BCUT2D eigenvalue weighted by Gasteiger charge is 2.15. The van der Waals surface area contributed by atoms with Gasteiger partial charge in [0.05, 0.1) is 23.8 Å². The number of amides is 1. The summed E-state index contributed by atoms with van der Waals surface area (Å²) < 4.78 is 24.7. The van der Waals surface area contributed by atoms with Crippen LogP contribution in [0.1, 0.15) is 10.5 Å². The summed E-state index contributed by atoms with van der Waals surface area (Å²) in [5, 5.41) is 17.6. The van der Waals surface area contributed by atoms with Gasteiger partial charge in [0.15, 0.2) is 12.4 Å². The third kappa shape index (κ3) is 4.61. The highest BCUT2D eigenvalue weighted by molar-refractivity contribution is 6.03. The third-order valence-corrected chi connectivity index (χ3v) is 3.65. The van der Waals surface area contributed by atoms with Crippen molar-refractivity contribution in [2.24, 2.45) is 0 Å². The largest absolute Gasteiger partial charge is 0.496 e. The van der Waals surface area contributed by atoms with Crippen molar-refractivity contribution in [1.29, 1.82) is 0 Å². The Labute approximate surface area is 158 Å². The standard InChI is InChI=1S/C18H15FN4O5/c1-27-16-9-13(8-14(10-16)23(25)26)20-18(24)17-6-7-22(21-17)11-28-15-4-2-12(19)3-5-15/h2-10H,11H2,1H3,(H,20,24). The quantitative estimate of drug-likeness (QED) is 0.493. The van der Waals surface area contributed by atoms with E-state index in [0.29, 0.717) is 5.75 Å². The zero-order chi connectivity index (χ0) is 20.1. The predicted molar refractivity (Wildman–Crippen MR) is 96.9 cm³/mol. The first-order valence-corrected chi connectivity index (χ1v) is 8.01. The number of hydrogen-bond acceptors (Lipinski definition) is 6. The summed E-state index contributed by atoms with van der Waals surface area (Å²) in [6.45, 7) is 0.0174. The van der Waals surface area contributed by atoms with Gasteiger partial charge >= 0.3 is 0 Å². The van der Waals surface area contributed by atoms with Gasteiger partial charge in [0.1, 0.15) is 17.3 Å². The van der Waals surface area contributed by atoms with E-state index in [0.717, 1.165) is 0 Å². The second-order valence-electron chi connectivity index (χ2n) is 5.60. The van der Waals surface area contributed by atoms with E-state index >= 15 is 0 Å². The molecule has 0 aliphatic rings. The molecule has 0 fully saturated rings. The average molecular weight is 386 g/mol. The Morgan fingerprint density at radius 1 is 1.21 bits per heavy atom. The van der Waals surface area contributed by atoms with Gasteiger partial charge in [-0.05, 0) is 30.3 Å². The lowest BCUT2D eigenvalue weighted by Gasteiger charge is -2.07. The first-order chi connectivity index (χ1) is 13.4. The van der Waals surface area contributed by atoms with Crippen molar-refractivity contribution in [2.75, 3.05) is 12.4 Å². The van der Waals surface area contributed by atoms with Crippen LogP contribution in [0.4, 0.5) is 15.8 Å². The van der Waals surface area contributed by atoms with Crippen LogP contribution in [0, 0.1) is 15.9 Å². The number of hydrogen-bond donors (Lipinski definition) is 1. The minimum atomic E-state index is -0.584. The van der Waals surface area contributed by atoms with Crippen LogP contribution in [-0.4, -0.2) is 27.7 Å². The van der Waals surface area contributed by atoms with E-state index in [2.05, 4.69) is 10.4 Å². The Kier molecular flexibility index (Phi) is 5.49. The van der Waals surface area contributed by atoms with Gasteiger partial charge in [0.25, 0.3) is 11.6 Å². The summed E-state index contributed by atoms with van der Waals surface area (Å²) in [6, 6.07) is 10.9. The maximum Gasteiger partial charge on any atom is 0.276 e. The van der Waals surface area contributed by atoms with Crippen molar-refractivity contribution in [3.05, 3.63) is 76.4 Å². The Balaban J connectivity index is 1.66. The van der Waals surface area contributed by atoms with Crippen molar-refractivity contribution < 1.29 is 23.6 Å². The number of ether oxygens (including phenoxy) is 2. The van der Waals surface area contributed by atoms with Gasteiger partial charge < -0.3 is 14.8 Å². The van der Waals surface area contributed by atoms with E-state index in [1.807, 2.05) is 0 Å². The number of non-ortho nitro benzene ring substituents is 1. The SMILES string of the molecule is COc1cc(NC(=O)c2ccn(COc3ccc(F)cc3)n2)cc([N+](=O)[O-])c1. The lowest BCUT2D eigenvalue weighted by Crippen LogP contribution is -2.14. The molecule has 3 aromatic rings. The normalized spacial score (nSPS) is 10.4. The minimum Gasteiger partial charge on any atom is -0.496 e. The van der Waals surface area contributed by atoms with Crippen LogP contribution in [-0.2, 0) is 6.73 Å². The fourth-order valence-corrected chi connectivity index (χ4v) is 2.30. The van der Waals surface area contributed by atoms with E-state index < -0.39 is 10.8 Å². The van der Waals surface area contributed by atoms with Crippen molar-refractivity contribution in [2.45, 2.75) is 6.73 Å². The van der Waals surface area contributed by atoms with Crippen LogP contribution in [0.2, 0.25) is 0 Å². The Bertz CT molecular complexity index is 1000. The number of aromatic nitrogens is 2. The number of benzene rings is 2. The second-order valence-corrected chi connectivity index (χ2v) is 5.60. The lowest BCUT2D eigenvalue weighted by atomic mass is 10.2. The highest BCUT2D eigenvalue weighted by atomic mass is 19.1. The number of nitro benzene ring substituents is 1. The zero-order valence-electron chi connectivity index (χ0n) is 14.7. The maximum atomic E-state index is 12.9. The van der Waals surface area contributed by atoms with Gasteiger partial charge in [-0.15, -0.1) is 0 Å². The third-order valence-electron chi connectivity index (χ3n) is 3.65. The predicted octanol–water partition coefficient (Wildman–Crippen LogP) is 3.23. The fraction of sp³-hybridized carbons (Fsp3) is 0.111. The van der Waals surface area contributed by atoms with Gasteiger partial charge in [-0.2, -0.15) is 5.10 Å². The zero-order valence-corrected chi connectivity index (χ0v) is 14.7. The summed E-state index contributed by atoms with van der Waals surface area (Å²) in [5.41, 5.74) is 0.0780. The van der Waals surface area contributed by atoms with Crippen LogP contribution < -0.4 is 14.8 Å². The number of rotatable bonds is 7. The Morgan fingerprint density at radius 3 is 2.64 bits per heavy atom. The molecular weight excluding hydrogens is 371 g/mol. The van der Waals surface area contributed by atoms with Crippen LogP contribution in [0.15, 0.2) is 54.7 Å². The maximum absolute atomic E-state index is 12.9. The number of halogens is 1. The second kappa shape index (κ2) is 8.16. The smallest absolute Gasteiger partial charge is 0.276 e. The van der Waals surface area contributed by atoms with Crippen molar-refractivity contribution >= 4 is 17.3 Å². The molecule has 0 saturated heterocycles. The first kappa shape index (κ1) is 18.8. The number of nitrogens with one attached hydrogen (secondary N) is 1. The monoisotopic (exact) mass is 386 g/mol. The number of nitro groups is 1. The van der Waals surface area contributed by atoms with Crippen LogP contribution >= 0.6 is 0 Å². The summed E-state index contributed by atoms with van der Waals surface area (Å²) in [4.78, 5) is 22.7. The number of anilines is 1. The molecule has 0 saturated carbocycles. The van der Waals surface area contributed by atoms with Gasteiger partial charge in [-0.1, -0.05) is 0 Å². The van der Waals surface area contributed by atoms with E-state index in [1.165, 1.54) is 66.5 Å². The molecule has 10 heteroatoms. The molecule has 28 heavy (non-hydrogen) atoms. The molecule has 2 aromatic carbocycles. The molecule has 0 atom stereocenters. The van der Waals surface area contributed by atoms with E-state index in [1.54, 1.807) is 0 Å². The van der Waals surface area contributed by atoms with Crippen LogP contribution in [0.25, 0.3) is 0 Å². The molecule has 0 unspecified atom stereocenters. The molecule has 0 aliphatic carbocycles. The van der Waals surface area contributed by atoms with Gasteiger partial charge in [-0.3, -0.25) is 14.9 Å². The van der Waals surface area contributed by atoms with Crippen molar-refractivity contribution in [3.63, 3.8) is 0 Å². The molecule has 9 nitrogen and oxygen atoms in total. The molecular formula is C18H15FN4O5. The molecule has 0 bridgehead atoms. The Hall–Kier alpha value is -3.95. The first-order valence-electron chi connectivity index (χ1n) is 8.01. The Morgan fingerprint density at radius 2 is 1.96 bits per heavy atom. The molecule has 144 valence electrons. The van der Waals surface area contributed by atoms with Crippen molar-refractivity contribution in [1.82, 2.24) is 9.78 Å². The summed E-state index contributed by atoms with van der Waals surface area (Å²) in [7, 11) is 1.37. The number of methoxy groups -OCH3 is 1. The molecule has 0 spiro atoms. The molecule has 1 aromatic heterocycles. The van der Waals surface area contributed by atoms with Crippen LogP contribution in [0.5, 0.6) is 11.5 Å². The molecule has 1 N–H and O–H groups in total. The summed E-state index contributed by atoms with van der Waals surface area (Å²) in [6.07, 6.45) is 1.53. The molecule has 0 radical (unpaired) electrons. The fourth-order valence-electron chi connectivity index (χ4n) is 2.30. The topological polar surface area (TPSA) is 109 Å². The summed E-state index contributed by atoms with van der Waals surface area (Å²) >= 11 is 0.